The third-order valence-corrected chi connectivity index (χ3v) is 5.53. The summed E-state index contributed by atoms with van der Waals surface area (Å²) in [7, 11) is 0. The number of Topliss-reactive ketones (excluding diaryl/α,β-unsaturated/α-hetero) is 1. The lowest BCUT2D eigenvalue weighted by Crippen LogP contribution is -2.35. The van der Waals surface area contributed by atoms with Gasteiger partial charge >= 0.3 is 0 Å². The summed E-state index contributed by atoms with van der Waals surface area (Å²) < 4.78 is 11.5. The van der Waals surface area contributed by atoms with E-state index in [0.717, 1.165) is 43.8 Å². The van der Waals surface area contributed by atoms with E-state index >= 15 is 0 Å². The van der Waals surface area contributed by atoms with Gasteiger partial charge in [0.05, 0.1) is 13.2 Å². The second kappa shape index (κ2) is 9.89. The molecule has 0 saturated carbocycles. The third-order valence-electron chi connectivity index (χ3n) is 5.53. The fourth-order valence-corrected chi connectivity index (χ4v) is 3.74. The van der Waals surface area contributed by atoms with Crippen LogP contribution in [0.1, 0.15) is 29.8 Å². The number of carbonyl (C=O) groups excluding carboxylic acids is 2. The van der Waals surface area contributed by atoms with Crippen molar-refractivity contribution < 1.29 is 19.1 Å². The van der Waals surface area contributed by atoms with Gasteiger partial charge in [-0.3, -0.25) is 19.5 Å². The predicted molar refractivity (Wildman–Crippen MR) is 123 cm³/mol. The van der Waals surface area contributed by atoms with Crippen LogP contribution < -0.4 is 10.1 Å². The van der Waals surface area contributed by atoms with Crippen LogP contribution in [0.4, 0.5) is 5.69 Å². The van der Waals surface area contributed by atoms with Gasteiger partial charge < -0.3 is 14.8 Å². The monoisotopic (exact) mass is 433 g/mol. The molecule has 4 rings (SSSR count). The van der Waals surface area contributed by atoms with E-state index in [1.165, 1.54) is 12.5 Å². The maximum Gasteiger partial charge on any atom is 0.265 e. The minimum atomic E-state index is -0.744. The minimum absolute atomic E-state index is 0.0555. The Bertz CT molecular complexity index is 1130. The van der Waals surface area contributed by atoms with E-state index in [1.807, 2.05) is 24.3 Å². The number of benzene rings is 2. The summed E-state index contributed by atoms with van der Waals surface area (Å²) in [6.45, 7) is 7.31. The molecule has 1 aromatic heterocycles. The summed E-state index contributed by atoms with van der Waals surface area (Å²) in [5.41, 5.74) is 3.00. The maximum absolute atomic E-state index is 12.7. The average molecular weight is 434 g/mol. The van der Waals surface area contributed by atoms with Crippen LogP contribution in [0.15, 0.2) is 54.7 Å². The number of morpholine rings is 1. The summed E-state index contributed by atoms with van der Waals surface area (Å²) >= 11 is 0. The molecule has 0 bridgehead atoms. The molecule has 7 heteroatoms. The van der Waals surface area contributed by atoms with Crippen molar-refractivity contribution >= 4 is 28.3 Å². The Hall–Kier alpha value is -3.29. The normalized spacial score (nSPS) is 15.3. The number of pyridine rings is 1. The number of carbonyl (C=O) groups is 2. The Labute approximate surface area is 187 Å². The van der Waals surface area contributed by atoms with Crippen LogP contribution in [0.3, 0.4) is 0 Å². The summed E-state index contributed by atoms with van der Waals surface area (Å²) in [5, 5.41) is 3.83. The van der Waals surface area contributed by atoms with Crippen LogP contribution in [-0.4, -0.2) is 54.0 Å². The van der Waals surface area contributed by atoms with E-state index in [-0.39, 0.29) is 11.7 Å². The molecule has 1 saturated heterocycles. The number of anilines is 1. The summed E-state index contributed by atoms with van der Waals surface area (Å²) in [6, 6.07) is 14.7. The first-order valence-corrected chi connectivity index (χ1v) is 10.8. The number of rotatable bonds is 7. The summed E-state index contributed by atoms with van der Waals surface area (Å²) in [6.07, 6.45) is 0.984. The molecule has 1 unspecified atom stereocenters. The first kappa shape index (κ1) is 21.9. The van der Waals surface area contributed by atoms with Crippen molar-refractivity contribution in [1.82, 2.24) is 9.88 Å². The van der Waals surface area contributed by atoms with Crippen molar-refractivity contribution in [2.75, 3.05) is 31.6 Å². The topological polar surface area (TPSA) is 80.8 Å². The number of nitrogens with one attached hydrogen (secondary N) is 1. The second-order valence-corrected chi connectivity index (χ2v) is 7.90. The smallest absolute Gasteiger partial charge is 0.265 e. The fourth-order valence-electron chi connectivity index (χ4n) is 3.74. The quantitative estimate of drug-likeness (QED) is 0.573. The molecule has 1 aliphatic heterocycles. The van der Waals surface area contributed by atoms with Gasteiger partial charge in [-0.1, -0.05) is 24.3 Å². The molecule has 32 heavy (non-hydrogen) atoms. The molecule has 2 aromatic carbocycles. The number of nitrogens with zero attached hydrogens (tertiary/aromatic N) is 2. The highest BCUT2D eigenvalue weighted by Gasteiger charge is 2.19. The number of ether oxygens (including phenoxy) is 2. The molecular weight excluding hydrogens is 406 g/mol. The third kappa shape index (κ3) is 5.12. The molecule has 166 valence electrons. The first-order valence-electron chi connectivity index (χ1n) is 10.8. The van der Waals surface area contributed by atoms with Crippen molar-refractivity contribution in [2.24, 2.45) is 0 Å². The van der Waals surface area contributed by atoms with Gasteiger partial charge in [0.2, 0.25) is 0 Å². The zero-order valence-electron chi connectivity index (χ0n) is 18.3. The molecule has 7 nitrogen and oxygen atoms in total. The standard InChI is InChI=1S/C25H27N3O4/c1-17(29)19-5-3-6-21(15-19)27-25(30)18(2)32-23-9-8-20(16-28-11-13-31-14-12-28)22-7-4-10-26-24(22)23/h3-10,15,18H,11-14,16H2,1-2H3,(H,27,30). The van der Waals surface area contributed by atoms with Crippen LogP contribution in [0.25, 0.3) is 10.9 Å². The van der Waals surface area contributed by atoms with Gasteiger partial charge in [0, 0.05) is 42.5 Å². The second-order valence-electron chi connectivity index (χ2n) is 7.90. The molecule has 1 atom stereocenters. The van der Waals surface area contributed by atoms with E-state index in [9.17, 15) is 9.59 Å². The van der Waals surface area contributed by atoms with Crippen LogP contribution >= 0.6 is 0 Å². The zero-order valence-corrected chi connectivity index (χ0v) is 18.3. The number of hydrogen-bond donors (Lipinski definition) is 1. The zero-order chi connectivity index (χ0) is 22.5. The summed E-state index contributed by atoms with van der Waals surface area (Å²) in [4.78, 5) is 31.2. The summed E-state index contributed by atoms with van der Waals surface area (Å²) in [5.74, 6) is 0.207. The van der Waals surface area contributed by atoms with Gasteiger partial charge in [-0.15, -0.1) is 0 Å². The highest BCUT2D eigenvalue weighted by molar-refractivity contribution is 5.98. The van der Waals surface area contributed by atoms with Gasteiger partial charge in [0.15, 0.2) is 11.9 Å². The fraction of sp³-hybridized carbons (Fsp3) is 0.320. The molecule has 0 spiro atoms. The Morgan fingerprint density at radius 3 is 2.75 bits per heavy atom. The van der Waals surface area contributed by atoms with Crippen molar-refractivity contribution in [1.29, 1.82) is 0 Å². The van der Waals surface area contributed by atoms with Crippen LogP contribution in [-0.2, 0) is 16.1 Å². The van der Waals surface area contributed by atoms with E-state index in [2.05, 4.69) is 15.2 Å². The number of aromatic nitrogens is 1. The number of fused-ring (bicyclic) bond motifs is 1. The van der Waals surface area contributed by atoms with Crippen LogP contribution in [0, 0.1) is 0 Å². The van der Waals surface area contributed by atoms with Gasteiger partial charge in [-0.25, -0.2) is 0 Å². The first-order chi connectivity index (χ1) is 15.5. The van der Waals surface area contributed by atoms with E-state index in [0.29, 0.717) is 17.0 Å². The van der Waals surface area contributed by atoms with Gasteiger partial charge in [0.1, 0.15) is 11.3 Å². The van der Waals surface area contributed by atoms with E-state index in [4.69, 9.17) is 9.47 Å². The van der Waals surface area contributed by atoms with Crippen molar-refractivity contribution in [3.8, 4) is 5.75 Å². The van der Waals surface area contributed by atoms with Crippen LogP contribution in [0.5, 0.6) is 5.75 Å². The van der Waals surface area contributed by atoms with Crippen LogP contribution in [0.2, 0.25) is 0 Å². The highest BCUT2D eigenvalue weighted by atomic mass is 16.5. The maximum atomic E-state index is 12.7. The van der Waals surface area contributed by atoms with Crippen molar-refractivity contribution in [2.45, 2.75) is 26.5 Å². The molecule has 1 fully saturated rings. The lowest BCUT2D eigenvalue weighted by Gasteiger charge is -2.27. The largest absolute Gasteiger partial charge is 0.479 e. The van der Waals surface area contributed by atoms with E-state index in [1.54, 1.807) is 37.4 Å². The van der Waals surface area contributed by atoms with Crippen molar-refractivity contribution in [3.05, 3.63) is 65.9 Å². The molecular formula is C25H27N3O4. The highest BCUT2D eigenvalue weighted by Crippen LogP contribution is 2.28. The lowest BCUT2D eigenvalue weighted by molar-refractivity contribution is -0.122. The Morgan fingerprint density at radius 2 is 1.97 bits per heavy atom. The molecule has 2 heterocycles. The Kier molecular flexibility index (Phi) is 6.78. The molecule has 1 aliphatic rings. The average Bonchev–Trinajstić information content (AvgIpc) is 2.81. The lowest BCUT2D eigenvalue weighted by atomic mass is 10.1. The Morgan fingerprint density at radius 1 is 1.16 bits per heavy atom. The number of amides is 1. The van der Waals surface area contributed by atoms with E-state index < -0.39 is 6.10 Å². The van der Waals surface area contributed by atoms with Gasteiger partial charge in [-0.2, -0.15) is 0 Å². The molecule has 1 amide bonds. The van der Waals surface area contributed by atoms with Crippen molar-refractivity contribution in [3.63, 3.8) is 0 Å². The Balaban J connectivity index is 1.49. The van der Waals surface area contributed by atoms with Gasteiger partial charge in [0.25, 0.3) is 5.91 Å². The number of ketones is 1. The van der Waals surface area contributed by atoms with Gasteiger partial charge in [-0.05, 0) is 43.7 Å². The SMILES string of the molecule is CC(=O)c1cccc(NC(=O)C(C)Oc2ccc(CN3CCOCC3)c3cccnc23)c1. The minimum Gasteiger partial charge on any atom is -0.479 e. The predicted octanol–water partition coefficient (Wildman–Crippen LogP) is 3.68. The molecule has 0 aliphatic carbocycles. The molecule has 3 aromatic rings. The molecule has 1 N–H and O–H groups in total. The molecule has 0 radical (unpaired) electrons. The number of hydrogen-bond acceptors (Lipinski definition) is 6.